The van der Waals surface area contributed by atoms with Crippen LogP contribution in [0.25, 0.3) is 0 Å². The minimum atomic E-state index is 0.0109. The van der Waals surface area contributed by atoms with Gasteiger partial charge in [0.2, 0.25) is 5.91 Å². The van der Waals surface area contributed by atoms with Crippen molar-refractivity contribution in [3.63, 3.8) is 0 Å². The molecule has 4 fully saturated rings. The monoisotopic (exact) mass is 322 g/mol. The molecule has 130 valence electrons. The quantitative estimate of drug-likeness (QED) is 0.792. The second kappa shape index (κ2) is 6.69. The van der Waals surface area contributed by atoms with E-state index in [4.69, 9.17) is 9.47 Å². The number of rotatable bonds is 3. The van der Waals surface area contributed by atoms with E-state index in [1.807, 2.05) is 0 Å². The van der Waals surface area contributed by atoms with Crippen molar-refractivity contribution in [3.05, 3.63) is 0 Å². The van der Waals surface area contributed by atoms with Gasteiger partial charge in [-0.3, -0.25) is 4.79 Å². The Labute approximate surface area is 139 Å². The third kappa shape index (κ3) is 3.42. The molecule has 4 saturated heterocycles. The van der Waals surface area contributed by atoms with Crippen LogP contribution >= 0.6 is 0 Å². The molecule has 4 aliphatic heterocycles. The molecular weight excluding hydrogens is 292 g/mol. The molecule has 5 nitrogen and oxygen atoms in total. The summed E-state index contributed by atoms with van der Waals surface area (Å²) < 4.78 is 11.7. The zero-order valence-corrected chi connectivity index (χ0v) is 14.2. The zero-order valence-electron chi connectivity index (χ0n) is 14.2. The molecule has 4 aliphatic rings. The largest absolute Gasteiger partial charge is 0.381 e. The predicted octanol–water partition coefficient (Wildman–Crippen LogP) is 1.66. The molecule has 4 heterocycles. The molecule has 0 saturated carbocycles. The van der Waals surface area contributed by atoms with Crippen LogP contribution in [0.5, 0.6) is 0 Å². The normalized spacial score (nSPS) is 37.1. The fourth-order valence-corrected chi connectivity index (χ4v) is 4.98. The number of hydrogen-bond acceptors (Lipinski definition) is 4. The molecule has 0 aliphatic carbocycles. The molecule has 0 bridgehead atoms. The van der Waals surface area contributed by atoms with Gasteiger partial charge in [0.15, 0.2) is 0 Å². The summed E-state index contributed by atoms with van der Waals surface area (Å²) in [6, 6.07) is 0.418. The average molecular weight is 322 g/mol. The van der Waals surface area contributed by atoms with Crippen molar-refractivity contribution in [1.29, 1.82) is 0 Å². The van der Waals surface area contributed by atoms with Gasteiger partial charge in [-0.1, -0.05) is 0 Å². The molecule has 0 N–H and O–H groups in total. The topological polar surface area (TPSA) is 42.0 Å². The lowest BCUT2D eigenvalue weighted by Gasteiger charge is -2.42. The molecule has 0 aromatic heterocycles. The van der Waals surface area contributed by atoms with Crippen molar-refractivity contribution in [3.8, 4) is 0 Å². The maximum atomic E-state index is 12.1. The van der Waals surface area contributed by atoms with Crippen molar-refractivity contribution in [1.82, 2.24) is 9.80 Å². The van der Waals surface area contributed by atoms with E-state index < -0.39 is 0 Å². The van der Waals surface area contributed by atoms with Crippen LogP contribution in [0, 0.1) is 5.92 Å². The summed E-state index contributed by atoms with van der Waals surface area (Å²) in [5, 5.41) is 0. The number of nitrogens with zero attached hydrogens (tertiary/aromatic N) is 2. The zero-order chi connectivity index (χ0) is 15.7. The highest BCUT2D eigenvalue weighted by molar-refractivity contribution is 5.78. The highest BCUT2D eigenvalue weighted by Gasteiger charge is 2.45. The molecule has 0 aromatic rings. The van der Waals surface area contributed by atoms with Crippen molar-refractivity contribution in [2.75, 3.05) is 46.0 Å². The van der Waals surface area contributed by atoms with Gasteiger partial charge in [0, 0.05) is 58.5 Å². The summed E-state index contributed by atoms with van der Waals surface area (Å²) in [4.78, 5) is 16.8. The highest BCUT2D eigenvalue weighted by atomic mass is 16.5. The van der Waals surface area contributed by atoms with E-state index in [0.717, 1.165) is 77.5 Å². The van der Waals surface area contributed by atoms with Gasteiger partial charge in [-0.15, -0.1) is 0 Å². The third-order valence-electron chi connectivity index (χ3n) is 6.27. The van der Waals surface area contributed by atoms with Crippen LogP contribution in [-0.4, -0.2) is 73.3 Å². The summed E-state index contributed by atoms with van der Waals surface area (Å²) in [6.45, 7) is 7.05. The average Bonchev–Trinajstić information content (AvgIpc) is 3.15. The van der Waals surface area contributed by atoms with Gasteiger partial charge in [0.05, 0.1) is 5.60 Å². The van der Waals surface area contributed by atoms with Crippen LogP contribution in [0.15, 0.2) is 0 Å². The maximum Gasteiger partial charge on any atom is 0.222 e. The van der Waals surface area contributed by atoms with E-state index in [0.29, 0.717) is 11.9 Å². The number of likely N-dealkylation sites (tertiary alicyclic amines) is 2. The molecule has 1 amide bonds. The Balaban J connectivity index is 1.34. The van der Waals surface area contributed by atoms with Crippen molar-refractivity contribution < 1.29 is 14.3 Å². The molecule has 0 radical (unpaired) electrons. The second-order valence-electron chi connectivity index (χ2n) is 7.91. The van der Waals surface area contributed by atoms with Gasteiger partial charge >= 0.3 is 0 Å². The lowest BCUT2D eigenvalue weighted by atomic mass is 9.88. The summed E-state index contributed by atoms with van der Waals surface area (Å²) in [7, 11) is 0. The second-order valence-corrected chi connectivity index (χ2v) is 7.91. The Morgan fingerprint density at radius 1 is 1.13 bits per heavy atom. The molecule has 4 rings (SSSR count). The molecule has 1 spiro atoms. The first kappa shape index (κ1) is 15.9. The Morgan fingerprint density at radius 2 is 2.00 bits per heavy atom. The number of ether oxygens (including phenoxy) is 2. The summed E-state index contributed by atoms with van der Waals surface area (Å²) in [6.07, 6.45) is 7.40. The number of carbonyl (C=O) groups excluding carboxylic acids is 1. The highest BCUT2D eigenvalue weighted by Crippen LogP contribution is 2.37. The summed E-state index contributed by atoms with van der Waals surface area (Å²) in [5.74, 6) is 1.16. The minimum absolute atomic E-state index is 0.0109. The van der Waals surface area contributed by atoms with Crippen LogP contribution in [0.1, 0.15) is 44.9 Å². The first-order valence-corrected chi connectivity index (χ1v) is 9.48. The molecule has 23 heavy (non-hydrogen) atoms. The van der Waals surface area contributed by atoms with Gasteiger partial charge in [-0.25, -0.2) is 0 Å². The molecule has 0 aromatic carbocycles. The van der Waals surface area contributed by atoms with Crippen LogP contribution in [0.3, 0.4) is 0 Å². The van der Waals surface area contributed by atoms with Crippen LogP contribution < -0.4 is 0 Å². The van der Waals surface area contributed by atoms with E-state index in [9.17, 15) is 4.79 Å². The number of hydrogen-bond donors (Lipinski definition) is 0. The van der Waals surface area contributed by atoms with E-state index in [1.54, 1.807) is 0 Å². The van der Waals surface area contributed by atoms with Crippen molar-refractivity contribution >= 4 is 5.91 Å². The Hall–Kier alpha value is -0.650. The van der Waals surface area contributed by atoms with E-state index >= 15 is 0 Å². The molecule has 5 heteroatoms. The standard InChI is InChI=1S/C18H30N2O3/c21-17-2-1-7-20(17)16-5-11-23-18(12-16)6-8-19(14-18)13-15-3-9-22-10-4-15/h15-16H,1-14H2/t16-,18-/m1/s1. The molecule has 2 atom stereocenters. The van der Waals surface area contributed by atoms with E-state index in [-0.39, 0.29) is 5.60 Å². The van der Waals surface area contributed by atoms with Crippen molar-refractivity contribution in [2.24, 2.45) is 5.92 Å². The minimum Gasteiger partial charge on any atom is -0.381 e. The smallest absolute Gasteiger partial charge is 0.222 e. The third-order valence-corrected chi connectivity index (χ3v) is 6.27. The Bertz CT molecular complexity index is 438. The van der Waals surface area contributed by atoms with Crippen LogP contribution in [0.2, 0.25) is 0 Å². The first-order chi connectivity index (χ1) is 11.2. The van der Waals surface area contributed by atoms with E-state index in [2.05, 4.69) is 9.80 Å². The predicted molar refractivity (Wildman–Crippen MR) is 87.3 cm³/mol. The first-order valence-electron chi connectivity index (χ1n) is 9.48. The van der Waals surface area contributed by atoms with Gasteiger partial charge in [-0.05, 0) is 44.4 Å². The van der Waals surface area contributed by atoms with Crippen LogP contribution in [0.4, 0.5) is 0 Å². The summed E-state index contributed by atoms with van der Waals surface area (Å²) in [5.41, 5.74) is 0.0109. The molecule has 0 unspecified atom stereocenters. The number of amides is 1. The maximum absolute atomic E-state index is 12.1. The van der Waals surface area contributed by atoms with Gasteiger partial charge < -0.3 is 19.3 Å². The van der Waals surface area contributed by atoms with Gasteiger partial charge in [-0.2, -0.15) is 0 Å². The van der Waals surface area contributed by atoms with Gasteiger partial charge in [0.1, 0.15) is 0 Å². The Morgan fingerprint density at radius 3 is 2.78 bits per heavy atom. The summed E-state index contributed by atoms with van der Waals surface area (Å²) >= 11 is 0. The van der Waals surface area contributed by atoms with E-state index in [1.165, 1.54) is 19.4 Å². The number of carbonyl (C=O) groups is 1. The fraction of sp³-hybridized carbons (Fsp3) is 0.944. The lowest BCUT2D eigenvalue weighted by Crippen LogP contribution is -2.50. The van der Waals surface area contributed by atoms with Crippen molar-refractivity contribution in [2.45, 2.75) is 56.6 Å². The molecular formula is C18H30N2O3. The lowest BCUT2D eigenvalue weighted by molar-refractivity contribution is -0.137. The fourth-order valence-electron chi connectivity index (χ4n) is 4.98. The van der Waals surface area contributed by atoms with Crippen LogP contribution in [-0.2, 0) is 14.3 Å². The van der Waals surface area contributed by atoms with Gasteiger partial charge in [0.25, 0.3) is 0 Å². The Kier molecular flexibility index (Phi) is 4.61. The SMILES string of the molecule is O=C1CCCN1[C@@H]1CCO[C@]2(CCN(CC3CCOCC3)C2)C1.